The van der Waals surface area contributed by atoms with E-state index in [0.717, 1.165) is 6.42 Å². The maximum absolute atomic E-state index is 12.2. The van der Waals surface area contributed by atoms with Crippen LogP contribution in [0, 0.1) is 17.8 Å². The largest absolute Gasteiger partial charge is 0.353 e. The first-order valence-electron chi connectivity index (χ1n) is 8.52. The Balaban J connectivity index is 2.35. The van der Waals surface area contributed by atoms with Crippen LogP contribution in [0.5, 0.6) is 0 Å². The predicted octanol–water partition coefficient (Wildman–Crippen LogP) is 3.47. The molecular formula is C17H34N2O. The Labute approximate surface area is 125 Å². The van der Waals surface area contributed by atoms with Crippen molar-refractivity contribution in [2.45, 2.75) is 78.2 Å². The predicted molar refractivity (Wildman–Crippen MR) is 85.4 cm³/mol. The van der Waals surface area contributed by atoms with Crippen LogP contribution in [0.25, 0.3) is 0 Å². The zero-order valence-corrected chi connectivity index (χ0v) is 13.7. The van der Waals surface area contributed by atoms with E-state index in [9.17, 15) is 4.79 Å². The Bertz CT molecular complexity index is 270. The van der Waals surface area contributed by atoms with Gasteiger partial charge in [-0.15, -0.1) is 0 Å². The van der Waals surface area contributed by atoms with Gasteiger partial charge in [0.25, 0.3) is 0 Å². The lowest BCUT2D eigenvalue weighted by molar-refractivity contribution is -0.123. The molecule has 118 valence electrons. The summed E-state index contributed by atoms with van der Waals surface area (Å²) in [5, 5.41) is 3.22. The van der Waals surface area contributed by atoms with Gasteiger partial charge in [-0.1, -0.05) is 39.5 Å². The molecule has 0 bridgehead atoms. The molecule has 0 heterocycles. The summed E-state index contributed by atoms with van der Waals surface area (Å²) in [5.41, 5.74) is 5.78. The standard InChI is InChI=1S/C17H34N2O/c1-13(2)10-15(12-18)11-17(20)19-14(3)16-8-6-4-5-7-9-16/h13-16H,4-12,18H2,1-3H3,(H,19,20)/t14-,15+/m1/s1. The summed E-state index contributed by atoms with van der Waals surface area (Å²) < 4.78 is 0. The van der Waals surface area contributed by atoms with Crippen LogP contribution in [0.2, 0.25) is 0 Å². The molecule has 0 unspecified atom stereocenters. The van der Waals surface area contributed by atoms with Crippen LogP contribution in [0.1, 0.15) is 72.1 Å². The summed E-state index contributed by atoms with van der Waals surface area (Å²) in [6.45, 7) is 7.17. The summed E-state index contributed by atoms with van der Waals surface area (Å²) in [6, 6.07) is 0.318. The van der Waals surface area contributed by atoms with E-state index in [1.54, 1.807) is 0 Å². The van der Waals surface area contributed by atoms with Crippen LogP contribution in [0.15, 0.2) is 0 Å². The molecule has 3 N–H and O–H groups in total. The Kier molecular flexibility index (Phi) is 8.20. The molecule has 0 saturated heterocycles. The third-order valence-electron chi connectivity index (χ3n) is 4.61. The number of carbonyl (C=O) groups excluding carboxylic acids is 1. The van der Waals surface area contributed by atoms with Crippen LogP contribution in [-0.2, 0) is 4.79 Å². The fourth-order valence-electron chi connectivity index (χ4n) is 3.43. The van der Waals surface area contributed by atoms with Crippen LogP contribution in [0.4, 0.5) is 0 Å². The van der Waals surface area contributed by atoms with Crippen LogP contribution in [0.3, 0.4) is 0 Å². The van der Waals surface area contributed by atoms with Crippen LogP contribution in [-0.4, -0.2) is 18.5 Å². The average Bonchev–Trinajstić information content (AvgIpc) is 2.66. The summed E-state index contributed by atoms with van der Waals surface area (Å²) in [5.74, 6) is 1.80. The SMILES string of the molecule is CC(C)C[C@H](CN)CC(=O)N[C@H](C)C1CCCCCC1. The first-order chi connectivity index (χ1) is 9.52. The smallest absolute Gasteiger partial charge is 0.220 e. The first kappa shape index (κ1) is 17.5. The number of amides is 1. The van der Waals surface area contributed by atoms with Gasteiger partial charge >= 0.3 is 0 Å². The molecule has 0 aromatic carbocycles. The Morgan fingerprint density at radius 1 is 1.15 bits per heavy atom. The van der Waals surface area contributed by atoms with Gasteiger partial charge in [-0.25, -0.2) is 0 Å². The Hall–Kier alpha value is -0.570. The maximum atomic E-state index is 12.2. The van der Waals surface area contributed by atoms with Crippen molar-refractivity contribution in [3.8, 4) is 0 Å². The zero-order chi connectivity index (χ0) is 15.0. The third kappa shape index (κ3) is 6.74. The van der Waals surface area contributed by atoms with E-state index in [4.69, 9.17) is 5.73 Å². The summed E-state index contributed by atoms with van der Waals surface area (Å²) in [4.78, 5) is 12.2. The zero-order valence-electron chi connectivity index (χ0n) is 13.7. The van der Waals surface area contributed by atoms with Gasteiger partial charge in [-0.05, 0) is 50.5 Å². The number of rotatable bonds is 7. The highest BCUT2D eigenvalue weighted by Gasteiger charge is 2.22. The van der Waals surface area contributed by atoms with E-state index in [1.807, 2.05) is 0 Å². The number of hydrogen-bond acceptors (Lipinski definition) is 2. The van der Waals surface area contributed by atoms with Gasteiger partial charge in [0.05, 0.1) is 0 Å². The van der Waals surface area contributed by atoms with E-state index in [1.165, 1.54) is 38.5 Å². The van der Waals surface area contributed by atoms with Crippen LogP contribution >= 0.6 is 0 Å². The second kappa shape index (κ2) is 9.38. The molecule has 1 aliphatic rings. The molecule has 3 heteroatoms. The van der Waals surface area contributed by atoms with Gasteiger partial charge in [0.2, 0.25) is 5.91 Å². The van der Waals surface area contributed by atoms with Crippen molar-refractivity contribution in [1.82, 2.24) is 5.32 Å². The minimum Gasteiger partial charge on any atom is -0.353 e. The van der Waals surface area contributed by atoms with Crippen molar-refractivity contribution in [2.75, 3.05) is 6.54 Å². The van der Waals surface area contributed by atoms with Crippen molar-refractivity contribution in [3.05, 3.63) is 0 Å². The highest BCUT2D eigenvalue weighted by molar-refractivity contribution is 5.76. The molecule has 1 fully saturated rings. The topological polar surface area (TPSA) is 55.1 Å². The average molecular weight is 282 g/mol. The number of carbonyl (C=O) groups is 1. The molecule has 2 atom stereocenters. The van der Waals surface area contributed by atoms with Crippen molar-refractivity contribution in [3.63, 3.8) is 0 Å². The lowest BCUT2D eigenvalue weighted by Gasteiger charge is -2.25. The van der Waals surface area contributed by atoms with Crippen molar-refractivity contribution >= 4 is 5.91 Å². The fraction of sp³-hybridized carbons (Fsp3) is 0.941. The van der Waals surface area contributed by atoms with E-state index in [2.05, 4.69) is 26.1 Å². The molecule has 0 aliphatic heterocycles. The molecule has 1 aliphatic carbocycles. The molecule has 1 amide bonds. The van der Waals surface area contributed by atoms with Gasteiger partial charge in [-0.2, -0.15) is 0 Å². The first-order valence-corrected chi connectivity index (χ1v) is 8.52. The second-order valence-electron chi connectivity index (χ2n) is 7.04. The third-order valence-corrected chi connectivity index (χ3v) is 4.61. The van der Waals surface area contributed by atoms with E-state index in [0.29, 0.717) is 36.8 Å². The van der Waals surface area contributed by atoms with Gasteiger partial charge in [0.1, 0.15) is 0 Å². The lowest BCUT2D eigenvalue weighted by atomic mass is 9.91. The molecule has 0 spiro atoms. The molecule has 3 nitrogen and oxygen atoms in total. The van der Waals surface area contributed by atoms with Gasteiger partial charge in [0.15, 0.2) is 0 Å². The van der Waals surface area contributed by atoms with Gasteiger partial charge in [0, 0.05) is 12.5 Å². The second-order valence-corrected chi connectivity index (χ2v) is 7.04. The van der Waals surface area contributed by atoms with Crippen molar-refractivity contribution < 1.29 is 4.79 Å². The summed E-state index contributed by atoms with van der Waals surface area (Å²) in [6.07, 6.45) is 9.55. The lowest BCUT2D eigenvalue weighted by Crippen LogP contribution is -2.39. The minimum absolute atomic E-state index is 0.192. The van der Waals surface area contributed by atoms with Gasteiger partial charge in [-0.3, -0.25) is 4.79 Å². The molecule has 1 rings (SSSR count). The fourth-order valence-corrected chi connectivity index (χ4v) is 3.43. The number of nitrogens with two attached hydrogens (primary N) is 1. The molecule has 0 radical (unpaired) electrons. The molecule has 0 aromatic rings. The number of nitrogens with one attached hydrogen (secondary N) is 1. The quantitative estimate of drug-likeness (QED) is 0.702. The van der Waals surface area contributed by atoms with E-state index < -0.39 is 0 Å². The maximum Gasteiger partial charge on any atom is 0.220 e. The van der Waals surface area contributed by atoms with Crippen molar-refractivity contribution in [2.24, 2.45) is 23.5 Å². The summed E-state index contributed by atoms with van der Waals surface area (Å²) >= 11 is 0. The monoisotopic (exact) mass is 282 g/mol. The Morgan fingerprint density at radius 3 is 2.25 bits per heavy atom. The number of hydrogen-bond donors (Lipinski definition) is 2. The summed E-state index contributed by atoms with van der Waals surface area (Å²) in [7, 11) is 0. The highest BCUT2D eigenvalue weighted by atomic mass is 16.1. The van der Waals surface area contributed by atoms with E-state index in [-0.39, 0.29) is 5.91 Å². The van der Waals surface area contributed by atoms with Gasteiger partial charge < -0.3 is 11.1 Å². The molecular weight excluding hydrogens is 248 g/mol. The van der Waals surface area contributed by atoms with Crippen LogP contribution < -0.4 is 11.1 Å². The molecule has 0 aromatic heterocycles. The minimum atomic E-state index is 0.192. The highest BCUT2D eigenvalue weighted by Crippen LogP contribution is 2.25. The molecule has 20 heavy (non-hydrogen) atoms. The van der Waals surface area contributed by atoms with E-state index >= 15 is 0 Å². The molecule has 1 saturated carbocycles. The Morgan fingerprint density at radius 2 is 1.75 bits per heavy atom. The normalized spacial score (nSPS) is 20.4. The van der Waals surface area contributed by atoms with Crippen molar-refractivity contribution in [1.29, 1.82) is 0 Å².